The lowest BCUT2D eigenvalue weighted by atomic mass is 10.3. The summed E-state index contributed by atoms with van der Waals surface area (Å²) in [5.74, 6) is -1.78. The number of amides is 2. The van der Waals surface area contributed by atoms with Crippen LogP contribution in [0.5, 0.6) is 0 Å². The molecule has 5 heteroatoms. The monoisotopic (exact) mass is 181 g/mol. The molecule has 4 N–H and O–H groups in total. The third-order valence-electron chi connectivity index (χ3n) is 1.51. The van der Waals surface area contributed by atoms with Crippen LogP contribution in [0.15, 0.2) is 30.3 Å². The summed E-state index contributed by atoms with van der Waals surface area (Å²) >= 11 is 0. The predicted molar refractivity (Wildman–Crippen MR) is 47.0 cm³/mol. The molecule has 0 saturated heterocycles. The van der Waals surface area contributed by atoms with Gasteiger partial charge in [-0.05, 0) is 13.0 Å². The van der Waals surface area contributed by atoms with E-state index in [2.05, 4.69) is 11.0 Å². The second kappa shape index (κ2) is 3.45. The van der Waals surface area contributed by atoms with E-state index in [0.717, 1.165) is 4.90 Å². The highest BCUT2D eigenvalue weighted by Gasteiger charge is 2.32. The maximum Gasteiger partial charge on any atom is 0.329 e. The third kappa shape index (κ3) is 1.97. The number of carbonyl (C=O) groups is 1. The number of nitrogens with zero attached hydrogens (tertiary/aromatic N) is 1. The lowest BCUT2D eigenvalue weighted by Gasteiger charge is -2.33. The summed E-state index contributed by atoms with van der Waals surface area (Å²) in [7, 11) is 0. The number of carbonyl (C=O) groups excluding carboxylic acids is 1. The van der Waals surface area contributed by atoms with Crippen LogP contribution >= 0.6 is 0 Å². The number of hydrogen-bond donors (Lipinski definition) is 3. The first kappa shape index (κ1) is 9.54. The van der Waals surface area contributed by atoms with E-state index in [-0.39, 0.29) is 0 Å². The number of allylic oxidation sites excluding steroid dienone is 1. The van der Waals surface area contributed by atoms with Gasteiger partial charge in [0.25, 0.3) is 0 Å². The fourth-order valence-electron chi connectivity index (χ4n) is 0.859. The summed E-state index contributed by atoms with van der Waals surface area (Å²) in [5.41, 5.74) is 8.05. The fraction of sp³-hybridized carbons (Fsp3) is 0.250. The highest BCUT2D eigenvalue weighted by atomic mass is 16.3. The van der Waals surface area contributed by atoms with Crippen LogP contribution in [0.25, 0.3) is 0 Å². The summed E-state index contributed by atoms with van der Waals surface area (Å²) in [6, 6.07) is -0.498. The normalized spacial score (nSPS) is 26.4. The molecule has 0 spiro atoms. The molecule has 1 atom stereocenters. The number of rotatable bonds is 1. The lowest BCUT2D eigenvalue weighted by Crippen LogP contribution is -2.59. The average Bonchev–Trinajstić information content (AvgIpc) is 2.02. The molecule has 13 heavy (non-hydrogen) atoms. The number of urea groups is 1. The van der Waals surface area contributed by atoms with Gasteiger partial charge in [-0.25, -0.2) is 9.69 Å². The van der Waals surface area contributed by atoms with E-state index in [9.17, 15) is 9.90 Å². The number of aliphatic hydroxyl groups is 1. The number of hydrogen-bond acceptors (Lipinski definition) is 3. The van der Waals surface area contributed by atoms with Crippen molar-refractivity contribution in [1.82, 2.24) is 10.2 Å². The van der Waals surface area contributed by atoms with Crippen LogP contribution in [0.3, 0.4) is 0 Å². The molecule has 5 nitrogen and oxygen atoms in total. The first-order valence-corrected chi connectivity index (χ1v) is 3.74. The molecule has 2 amide bonds. The van der Waals surface area contributed by atoms with E-state index in [1.807, 2.05) is 0 Å². The van der Waals surface area contributed by atoms with Crippen molar-refractivity contribution in [2.24, 2.45) is 5.73 Å². The van der Waals surface area contributed by atoms with Crippen LogP contribution in [-0.2, 0) is 0 Å². The Bertz CT molecular complexity index is 301. The molecule has 1 aliphatic heterocycles. The summed E-state index contributed by atoms with van der Waals surface area (Å²) in [5, 5.41) is 11.9. The van der Waals surface area contributed by atoms with E-state index in [1.165, 1.54) is 18.5 Å². The summed E-state index contributed by atoms with van der Waals surface area (Å²) in [4.78, 5) is 12.1. The second-order valence-corrected chi connectivity index (χ2v) is 2.52. The van der Waals surface area contributed by atoms with Gasteiger partial charge >= 0.3 is 6.03 Å². The molecule has 1 aliphatic rings. The summed E-state index contributed by atoms with van der Waals surface area (Å²) in [6.07, 6.45) is 5.44. The van der Waals surface area contributed by atoms with Gasteiger partial charge in [-0.2, -0.15) is 0 Å². The molecule has 0 bridgehead atoms. The molecule has 70 valence electrons. The van der Waals surface area contributed by atoms with Crippen molar-refractivity contribution >= 4 is 6.03 Å². The van der Waals surface area contributed by atoms with Crippen LogP contribution in [0.1, 0.15) is 6.92 Å². The van der Waals surface area contributed by atoms with Crippen LogP contribution in [0.4, 0.5) is 4.79 Å². The topological polar surface area (TPSA) is 78.6 Å². The Hall–Kier alpha value is -1.55. The van der Waals surface area contributed by atoms with Crippen LogP contribution in [0, 0.1) is 0 Å². The Labute approximate surface area is 75.8 Å². The zero-order valence-corrected chi connectivity index (χ0v) is 7.19. The molecule has 0 aliphatic carbocycles. The first-order valence-electron chi connectivity index (χ1n) is 3.74. The van der Waals surface area contributed by atoms with Crippen LogP contribution < -0.4 is 11.1 Å². The molecular weight excluding hydrogens is 170 g/mol. The minimum absolute atomic E-state index is 0.498. The molecule has 0 unspecified atom stereocenters. The summed E-state index contributed by atoms with van der Waals surface area (Å²) in [6.45, 7) is 1.74. The molecule has 0 saturated carbocycles. The predicted octanol–water partition coefficient (Wildman–Crippen LogP) is -0.181. The zero-order valence-electron chi connectivity index (χ0n) is 7.19. The SMILES string of the molecule is CC=C=CN1C(=O)NC=C[C@]1(N)O. The van der Waals surface area contributed by atoms with Crippen LogP contribution in [-0.4, -0.2) is 21.9 Å². The van der Waals surface area contributed by atoms with E-state index in [4.69, 9.17) is 5.73 Å². The number of nitrogens with one attached hydrogen (secondary N) is 1. The van der Waals surface area contributed by atoms with Crippen molar-refractivity contribution < 1.29 is 9.90 Å². The third-order valence-corrected chi connectivity index (χ3v) is 1.51. The Morgan fingerprint density at radius 3 is 3.08 bits per heavy atom. The molecule has 0 fully saturated rings. The van der Waals surface area contributed by atoms with Gasteiger partial charge in [-0.1, -0.05) is 0 Å². The molecule has 1 heterocycles. The largest absolute Gasteiger partial charge is 0.355 e. The molecule has 0 aromatic carbocycles. The van der Waals surface area contributed by atoms with Gasteiger partial charge in [0.15, 0.2) is 0 Å². The molecule has 0 radical (unpaired) electrons. The van der Waals surface area contributed by atoms with Crippen molar-refractivity contribution in [2.45, 2.75) is 12.8 Å². The Kier molecular flexibility index (Phi) is 2.53. The van der Waals surface area contributed by atoms with Crippen molar-refractivity contribution in [3.63, 3.8) is 0 Å². The smallest absolute Gasteiger partial charge is 0.329 e. The van der Waals surface area contributed by atoms with Crippen molar-refractivity contribution in [3.05, 3.63) is 30.3 Å². The van der Waals surface area contributed by atoms with Crippen molar-refractivity contribution in [3.8, 4) is 0 Å². The van der Waals surface area contributed by atoms with E-state index in [1.54, 1.807) is 13.0 Å². The van der Waals surface area contributed by atoms with E-state index < -0.39 is 11.9 Å². The Morgan fingerprint density at radius 1 is 1.85 bits per heavy atom. The maximum atomic E-state index is 11.2. The van der Waals surface area contributed by atoms with Crippen molar-refractivity contribution in [2.75, 3.05) is 0 Å². The van der Waals surface area contributed by atoms with Gasteiger partial charge in [0, 0.05) is 12.3 Å². The van der Waals surface area contributed by atoms with Crippen molar-refractivity contribution in [1.29, 1.82) is 0 Å². The van der Waals surface area contributed by atoms with Gasteiger partial charge in [0.05, 0.1) is 6.20 Å². The molecular formula is C8H11N3O2. The zero-order chi connectivity index (χ0) is 9.90. The Balaban J connectivity index is 2.97. The highest BCUT2D eigenvalue weighted by Crippen LogP contribution is 2.11. The second-order valence-electron chi connectivity index (χ2n) is 2.52. The van der Waals surface area contributed by atoms with Gasteiger partial charge in [-0.15, -0.1) is 5.73 Å². The van der Waals surface area contributed by atoms with E-state index in [0.29, 0.717) is 0 Å². The van der Waals surface area contributed by atoms with Crippen LogP contribution in [0.2, 0.25) is 0 Å². The maximum absolute atomic E-state index is 11.2. The van der Waals surface area contributed by atoms with Gasteiger partial charge < -0.3 is 10.4 Å². The van der Waals surface area contributed by atoms with Gasteiger partial charge in [0.2, 0.25) is 5.85 Å². The van der Waals surface area contributed by atoms with Gasteiger partial charge in [-0.3, -0.25) is 5.73 Å². The quantitative estimate of drug-likeness (QED) is 0.388. The molecule has 0 aromatic rings. The average molecular weight is 181 g/mol. The number of nitrogens with two attached hydrogens (primary N) is 1. The Morgan fingerprint density at radius 2 is 2.54 bits per heavy atom. The fourth-order valence-corrected chi connectivity index (χ4v) is 0.859. The molecule has 1 rings (SSSR count). The molecule has 0 aromatic heterocycles. The standard InChI is InChI=1S/C8H11N3O2/c1-2-3-6-11-7(12)10-5-4-8(11,9)13/h2,4-6,13H,9H2,1H3,(H,10,12)/t3?,8-/m1/s1. The minimum atomic E-state index is -1.78. The van der Waals surface area contributed by atoms with Gasteiger partial charge in [0.1, 0.15) is 0 Å². The highest BCUT2D eigenvalue weighted by molar-refractivity contribution is 5.78. The lowest BCUT2D eigenvalue weighted by molar-refractivity contribution is -0.0127. The van der Waals surface area contributed by atoms with E-state index >= 15 is 0 Å². The summed E-state index contributed by atoms with van der Waals surface area (Å²) < 4.78 is 0. The first-order chi connectivity index (χ1) is 6.08. The minimum Gasteiger partial charge on any atom is -0.355 e.